The summed E-state index contributed by atoms with van der Waals surface area (Å²) in [7, 11) is 0. The number of carboxylic acids is 1. The van der Waals surface area contributed by atoms with Crippen molar-refractivity contribution in [1.29, 1.82) is 0 Å². The molecule has 1 saturated heterocycles. The van der Waals surface area contributed by atoms with Gasteiger partial charge in [-0.1, -0.05) is 13.8 Å². The summed E-state index contributed by atoms with van der Waals surface area (Å²) in [4.78, 5) is 23.9. The maximum Gasteiger partial charge on any atom is 0.326 e. The average Bonchev–Trinajstić information content (AvgIpc) is 2.56. The van der Waals surface area contributed by atoms with Gasteiger partial charge in [-0.05, 0) is 12.3 Å². The highest BCUT2D eigenvalue weighted by Gasteiger charge is 2.38. The lowest BCUT2D eigenvalue weighted by atomic mass is 10.1. The third-order valence-corrected chi connectivity index (χ3v) is 2.82. The number of carbonyl (C=O) groups excluding carboxylic acids is 1. The van der Waals surface area contributed by atoms with E-state index in [9.17, 15) is 14.7 Å². The zero-order valence-electron chi connectivity index (χ0n) is 9.72. The Morgan fingerprint density at radius 1 is 1.44 bits per heavy atom. The van der Waals surface area contributed by atoms with Crippen molar-refractivity contribution in [3.05, 3.63) is 0 Å². The number of aliphatic carboxylic acids is 1. The Morgan fingerprint density at radius 2 is 2.06 bits per heavy atom. The van der Waals surface area contributed by atoms with Gasteiger partial charge >= 0.3 is 5.97 Å². The number of β-amino-alcohol motifs (C(OH)–C–C–N with tert-alkyl or cyclic N) is 1. The van der Waals surface area contributed by atoms with E-state index in [1.54, 1.807) is 0 Å². The SMILES string of the molecule is CC(C)CCC(=O)N1C[C@H](O)C[C@H]1C(=O)O. The molecule has 5 heteroatoms. The number of rotatable bonds is 4. The molecule has 5 nitrogen and oxygen atoms in total. The monoisotopic (exact) mass is 229 g/mol. The molecule has 0 saturated carbocycles. The van der Waals surface area contributed by atoms with Gasteiger partial charge in [0.25, 0.3) is 0 Å². The van der Waals surface area contributed by atoms with E-state index in [1.807, 2.05) is 13.8 Å². The molecule has 0 unspecified atom stereocenters. The van der Waals surface area contributed by atoms with Crippen LogP contribution in [0.5, 0.6) is 0 Å². The normalized spacial score (nSPS) is 25.1. The molecule has 92 valence electrons. The fraction of sp³-hybridized carbons (Fsp3) is 0.818. The predicted molar refractivity (Wildman–Crippen MR) is 57.8 cm³/mol. The molecule has 0 aromatic heterocycles. The summed E-state index contributed by atoms with van der Waals surface area (Å²) in [5, 5.41) is 18.3. The maximum atomic E-state index is 11.8. The lowest BCUT2D eigenvalue weighted by Crippen LogP contribution is -2.40. The molecule has 0 aliphatic carbocycles. The van der Waals surface area contributed by atoms with E-state index in [2.05, 4.69) is 0 Å². The summed E-state index contributed by atoms with van der Waals surface area (Å²) in [6.45, 7) is 4.18. The van der Waals surface area contributed by atoms with Gasteiger partial charge in [0, 0.05) is 19.4 Å². The van der Waals surface area contributed by atoms with Gasteiger partial charge in [0.15, 0.2) is 0 Å². The largest absolute Gasteiger partial charge is 0.480 e. The molecule has 0 spiro atoms. The van der Waals surface area contributed by atoms with Crippen molar-refractivity contribution in [1.82, 2.24) is 4.90 Å². The summed E-state index contributed by atoms with van der Waals surface area (Å²) < 4.78 is 0. The zero-order valence-corrected chi connectivity index (χ0v) is 9.72. The first kappa shape index (κ1) is 13.0. The Labute approximate surface area is 95.1 Å². The van der Waals surface area contributed by atoms with E-state index in [0.29, 0.717) is 12.3 Å². The molecule has 1 amide bonds. The molecule has 2 atom stereocenters. The molecule has 1 heterocycles. The summed E-state index contributed by atoms with van der Waals surface area (Å²) in [6.07, 6.45) is 0.540. The first-order chi connectivity index (χ1) is 7.41. The fourth-order valence-corrected chi connectivity index (χ4v) is 1.88. The van der Waals surface area contributed by atoms with Crippen LogP contribution in [0, 0.1) is 5.92 Å². The van der Waals surface area contributed by atoms with Crippen molar-refractivity contribution >= 4 is 11.9 Å². The number of carboxylic acid groups (broad SMARTS) is 1. The Kier molecular flexibility index (Phi) is 4.29. The second kappa shape index (κ2) is 5.30. The second-order valence-electron chi connectivity index (χ2n) is 4.72. The molecule has 1 rings (SSSR count). The zero-order chi connectivity index (χ0) is 12.3. The van der Waals surface area contributed by atoms with E-state index < -0.39 is 18.1 Å². The van der Waals surface area contributed by atoms with Gasteiger partial charge in [-0.25, -0.2) is 4.79 Å². The molecule has 16 heavy (non-hydrogen) atoms. The van der Waals surface area contributed by atoms with Gasteiger partial charge in [0.05, 0.1) is 6.10 Å². The number of aliphatic hydroxyl groups excluding tert-OH is 1. The van der Waals surface area contributed by atoms with Crippen molar-refractivity contribution in [3.63, 3.8) is 0 Å². The number of carbonyl (C=O) groups is 2. The number of hydrogen-bond acceptors (Lipinski definition) is 3. The summed E-state index contributed by atoms with van der Waals surface area (Å²) in [5.41, 5.74) is 0. The molecule has 0 aromatic rings. The van der Waals surface area contributed by atoms with Crippen molar-refractivity contribution in [2.75, 3.05) is 6.54 Å². The van der Waals surface area contributed by atoms with Crippen LogP contribution in [0.3, 0.4) is 0 Å². The van der Waals surface area contributed by atoms with Gasteiger partial charge in [0.1, 0.15) is 6.04 Å². The van der Waals surface area contributed by atoms with Crippen LogP contribution in [-0.2, 0) is 9.59 Å². The minimum absolute atomic E-state index is 0.142. The molecular formula is C11H19NO4. The number of amides is 1. The van der Waals surface area contributed by atoms with Crippen LogP contribution in [0.15, 0.2) is 0 Å². The molecule has 1 fully saturated rings. The minimum Gasteiger partial charge on any atom is -0.480 e. The predicted octanol–water partition coefficient (Wildman–Crippen LogP) is 0.469. The van der Waals surface area contributed by atoms with Crippen molar-refractivity contribution < 1.29 is 19.8 Å². The lowest BCUT2D eigenvalue weighted by Gasteiger charge is -2.21. The highest BCUT2D eigenvalue weighted by molar-refractivity contribution is 5.84. The number of nitrogens with zero attached hydrogens (tertiary/aromatic N) is 1. The van der Waals surface area contributed by atoms with Gasteiger partial charge in [-0.2, -0.15) is 0 Å². The Morgan fingerprint density at radius 3 is 2.56 bits per heavy atom. The third-order valence-electron chi connectivity index (χ3n) is 2.82. The molecular weight excluding hydrogens is 210 g/mol. The summed E-state index contributed by atoms with van der Waals surface area (Å²) in [5.74, 6) is -0.785. The van der Waals surface area contributed by atoms with E-state index in [0.717, 1.165) is 6.42 Å². The average molecular weight is 229 g/mol. The van der Waals surface area contributed by atoms with E-state index in [4.69, 9.17) is 5.11 Å². The molecule has 1 aliphatic rings. The van der Waals surface area contributed by atoms with Crippen LogP contribution >= 0.6 is 0 Å². The van der Waals surface area contributed by atoms with Crippen LogP contribution in [0.1, 0.15) is 33.1 Å². The smallest absolute Gasteiger partial charge is 0.326 e. The minimum atomic E-state index is -1.03. The number of aliphatic hydroxyl groups is 1. The third kappa shape index (κ3) is 3.20. The first-order valence-electron chi connectivity index (χ1n) is 5.62. The molecule has 1 aliphatic heterocycles. The summed E-state index contributed by atoms with van der Waals surface area (Å²) >= 11 is 0. The highest BCUT2D eigenvalue weighted by Crippen LogP contribution is 2.20. The number of hydrogen-bond donors (Lipinski definition) is 2. The van der Waals surface area contributed by atoms with Crippen molar-refractivity contribution in [2.24, 2.45) is 5.92 Å². The van der Waals surface area contributed by atoms with E-state index >= 15 is 0 Å². The van der Waals surface area contributed by atoms with Gasteiger partial charge in [-0.15, -0.1) is 0 Å². The van der Waals surface area contributed by atoms with Crippen LogP contribution in [0.4, 0.5) is 0 Å². The quantitative estimate of drug-likeness (QED) is 0.734. The molecule has 0 bridgehead atoms. The van der Waals surface area contributed by atoms with Crippen molar-refractivity contribution in [3.8, 4) is 0 Å². The van der Waals surface area contributed by atoms with Crippen LogP contribution < -0.4 is 0 Å². The first-order valence-corrected chi connectivity index (χ1v) is 5.62. The summed E-state index contributed by atoms with van der Waals surface area (Å²) in [6, 6.07) is -0.852. The molecule has 0 aromatic carbocycles. The van der Waals surface area contributed by atoms with Crippen LogP contribution in [0.25, 0.3) is 0 Å². The standard InChI is InChI=1S/C11H19NO4/c1-7(2)3-4-10(14)12-6-8(13)5-9(12)11(15)16/h7-9,13H,3-6H2,1-2H3,(H,15,16)/t8-,9+/m1/s1. The Balaban J connectivity index is 2.56. The Bertz CT molecular complexity index is 277. The van der Waals surface area contributed by atoms with Gasteiger partial charge in [0.2, 0.25) is 5.91 Å². The van der Waals surface area contributed by atoms with Gasteiger partial charge < -0.3 is 15.1 Å². The van der Waals surface area contributed by atoms with E-state index in [1.165, 1.54) is 4.90 Å². The maximum absolute atomic E-state index is 11.8. The second-order valence-corrected chi connectivity index (χ2v) is 4.72. The molecule has 0 radical (unpaired) electrons. The topological polar surface area (TPSA) is 77.8 Å². The van der Waals surface area contributed by atoms with Crippen LogP contribution in [-0.4, -0.2) is 45.7 Å². The van der Waals surface area contributed by atoms with Crippen LogP contribution in [0.2, 0.25) is 0 Å². The number of likely N-dealkylation sites (tertiary alicyclic amines) is 1. The highest BCUT2D eigenvalue weighted by atomic mass is 16.4. The lowest BCUT2D eigenvalue weighted by molar-refractivity contribution is -0.148. The molecule has 2 N–H and O–H groups in total. The van der Waals surface area contributed by atoms with Crippen molar-refractivity contribution in [2.45, 2.75) is 45.3 Å². The van der Waals surface area contributed by atoms with E-state index in [-0.39, 0.29) is 18.9 Å². The Hall–Kier alpha value is -1.10. The van der Waals surface area contributed by atoms with Gasteiger partial charge in [-0.3, -0.25) is 4.79 Å². The fourth-order valence-electron chi connectivity index (χ4n) is 1.88.